The highest BCUT2D eigenvalue weighted by Crippen LogP contribution is 2.24. The third kappa shape index (κ3) is 1.25. The van der Waals surface area contributed by atoms with E-state index in [9.17, 15) is 5.11 Å². The Morgan fingerprint density at radius 2 is 2.36 bits per heavy atom. The molecule has 1 saturated carbocycles. The van der Waals surface area contributed by atoms with Crippen LogP contribution in [0.25, 0.3) is 0 Å². The smallest absolute Gasteiger partial charge is 0.0938 e. The fourth-order valence-electron chi connectivity index (χ4n) is 2.00. The summed E-state index contributed by atoms with van der Waals surface area (Å²) in [6.45, 7) is 1.99. The Kier molecular flexibility index (Phi) is 1.60. The average Bonchev–Trinajstić information content (AvgIpc) is 2.27. The highest BCUT2D eigenvalue weighted by Gasteiger charge is 2.32. The molecule has 0 amide bonds. The number of nitrogens with one attached hydrogen (secondary N) is 1. The van der Waals surface area contributed by atoms with E-state index >= 15 is 0 Å². The minimum absolute atomic E-state index is 0.107. The van der Waals surface area contributed by atoms with Crippen molar-refractivity contribution in [3.63, 3.8) is 0 Å². The van der Waals surface area contributed by atoms with Gasteiger partial charge in [-0.25, -0.2) is 0 Å². The number of rotatable bonds is 0. The van der Waals surface area contributed by atoms with Crippen LogP contribution in [0.5, 0.6) is 0 Å². The van der Waals surface area contributed by atoms with E-state index in [4.69, 9.17) is 0 Å². The molecule has 1 heterocycles. The van der Waals surface area contributed by atoms with Gasteiger partial charge in [0.15, 0.2) is 0 Å². The topological polar surface area (TPSA) is 44.6 Å². The van der Waals surface area contributed by atoms with Gasteiger partial charge in [-0.3, -0.25) is 4.99 Å². The number of amidine groups is 1. The maximum Gasteiger partial charge on any atom is 0.0938 e. The summed E-state index contributed by atoms with van der Waals surface area (Å²) in [6.07, 6.45) is 2.71. The van der Waals surface area contributed by atoms with Crippen LogP contribution in [-0.4, -0.2) is 29.1 Å². The van der Waals surface area contributed by atoms with Crippen LogP contribution in [0.3, 0.4) is 0 Å². The Morgan fingerprint density at radius 3 is 3.18 bits per heavy atom. The van der Waals surface area contributed by atoms with Crippen molar-refractivity contribution in [1.82, 2.24) is 5.32 Å². The molecule has 11 heavy (non-hydrogen) atoms. The first-order valence-corrected chi connectivity index (χ1v) is 4.25. The zero-order valence-electron chi connectivity index (χ0n) is 6.75. The van der Waals surface area contributed by atoms with Crippen molar-refractivity contribution in [1.29, 1.82) is 0 Å². The SMILES string of the molecule is CC1=NC2CCC(O)CC2N1. The molecule has 0 aromatic carbocycles. The second-order valence-corrected chi connectivity index (χ2v) is 3.50. The van der Waals surface area contributed by atoms with E-state index in [0.29, 0.717) is 12.1 Å². The first-order chi connectivity index (χ1) is 5.25. The maximum absolute atomic E-state index is 9.35. The number of aliphatic imine (C=N–C) groups is 1. The molecule has 1 fully saturated rings. The molecule has 0 radical (unpaired) electrons. The molecule has 0 bridgehead atoms. The van der Waals surface area contributed by atoms with Crippen LogP contribution in [0, 0.1) is 0 Å². The van der Waals surface area contributed by atoms with E-state index in [0.717, 1.165) is 25.1 Å². The second kappa shape index (κ2) is 2.48. The van der Waals surface area contributed by atoms with Gasteiger partial charge in [0.25, 0.3) is 0 Å². The lowest BCUT2D eigenvalue weighted by Gasteiger charge is -2.27. The molecular weight excluding hydrogens is 140 g/mol. The van der Waals surface area contributed by atoms with Gasteiger partial charge in [-0.15, -0.1) is 0 Å². The second-order valence-electron chi connectivity index (χ2n) is 3.50. The summed E-state index contributed by atoms with van der Waals surface area (Å²) in [7, 11) is 0. The summed E-state index contributed by atoms with van der Waals surface area (Å²) in [4.78, 5) is 4.44. The van der Waals surface area contributed by atoms with Crippen molar-refractivity contribution in [3.05, 3.63) is 0 Å². The number of hydrogen-bond donors (Lipinski definition) is 2. The third-order valence-corrected chi connectivity index (χ3v) is 2.54. The van der Waals surface area contributed by atoms with Gasteiger partial charge >= 0.3 is 0 Å². The Morgan fingerprint density at radius 1 is 1.55 bits per heavy atom. The molecule has 3 unspecified atom stereocenters. The van der Waals surface area contributed by atoms with Crippen molar-refractivity contribution < 1.29 is 5.11 Å². The number of hydrogen-bond acceptors (Lipinski definition) is 3. The van der Waals surface area contributed by atoms with Crippen LogP contribution in [0.1, 0.15) is 26.2 Å². The summed E-state index contributed by atoms with van der Waals surface area (Å²) in [6, 6.07) is 0.858. The molecule has 2 aliphatic rings. The lowest BCUT2D eigenvalue weighted by molar-refractivity contribution is 0.112. The van der Waals surface area contributed by atoms with Gasteiger partial charge in [0, 0.05) is 0 Å². The predicted octanol–water partition coefficient (Wildman–Crippen LogP) is 0.290. The zero-order chi connectivity index (χ0) is 7.84. The van der Waals surface area contributed by atoms with Crippen LogP contribution in [0.2, 0.25) is 0 Å². The minimum Gasteiger partial charge on any atom is -0.393 e. The first kappa shape index (κ1) is 7.10. The predicted molar refractivity (Wildman–Crippen MR) is 43.7 cm³/mol. The summed E-state index contributed by atoms with van der Waals surface area (Å²) in [5, 5.41) is 12.6. The van der Waals surface area contributed by atoms with Crippen molar-refractivity contribution in [2.45, 2.75) is 44.4 Å². The molecule has 2 N–H and O–H groups in total. The number of aliphatic hydroxyl groups is 1. The minimum atomic E-state index is -0.107. The highest BCUT2D eigenvalue weighted by molar-refractivity contribution is 5.81. The standard InChI is InChI=1S/C8H14N2O/c1-5-9-7-3-2-6(11)4-8(7)10-5/h6-8,11H,2-4H2,1H3,(H,9,10). The molecule has 0 aromatic heterocycles. The van der Waals surface area contributed by atoms with Gasteiger partial charge in [0.05, 0.1) is 24.0 Å². The maximum atomic E-state index is 9.35. The Bertz CT molecular complexity index is 191. The third-order valence-electron chi connectivity index (χ3n) is 2.54. The van der Waals surface area contributed by atoms with E-state index in [-0.39, 0.29) is 6.10 Å². The van der Waals surface area contributed by atoms with Crippen LogP contribution in [0.15, 0.2) is 4.99 Å². The van der Waals surface area contributed by atoms with Crippen molar-refractivity contribution >= 4 is 5.84 Å². The first-order valence-electron chi connectivity index (χ1n) is 4.25. The zero-order valence-corrected chi connectivity index (χ0v) is 6.75. The monoisotopic (exact) mass is 154 g/mol. The summed E-state index contributed by atoms with van der Waals surface area (Å²) >= 11 is 0. The molecular formula is C8H14N2O. The van der Waals surface area contributed by atoms with E-state index in [1.54, 1.807) is 0 Å². The van der Waals surface area contributed by atoms with Crippen LogP contribution >= 0.6 is 0 Å². The molecule has 0 aromatic rings. The normalized spacial score (nSPS) is 42.7. The van der Waals surface area contributed by atoms with Crippen molar-refractivity contribution in [3.8, 4) is 0 Å². The number of nitrogens with zero attached hydrogens (tertiary/aromatic N) is 1. The molecule has 3 heteroatoms. The fraction of sp³-hybridized carbons (Fsp3) is 0.875. The molecule has 3 nitrogen and oxygen atoms in total. The number of aliphatic hydroxyl groups excluding tert-OH is 1. The van der Waals surface area contributed by atoms with Gasteiger partial charge < -0.3 is 10.4 Å². The van der Waals surface area contributed by atoms with Crippen LogP contribution in [-0.2, 0) is 0 Å². The Labute approximate surface area is 66.5 Å². The lowest BCUT2D eigenvalue weighted by Crippen LogP contribution is -2.40. The quantitative estimate of drug-likeness (QED) is 0.526. The van der Waals surface area contributed by atoms with E-state index in [1.807, 2.05) is 6.92 Å². The molecule has 1 aliphatic heterocycles. The van der Waals surface area contributed by atoms with Crippen molar-refractivity contribution in [2.75, 3.05) is 0 Å². The van der Waals surface area contributed by atoms with Gasteiger partial charge in [-0.05, 0) is 26.2 Å². The molecule has 0 saturated heterocycles. The van der Waals surface area contributed by atoms with E-state index in [1.165, 1.54) is 0 Å². The van der Waals surface area contributed by atoms with E-state index < -0.39 is 0 Å². The average molecular weight is 154 g/mol. The summed E-state index contributed by atoms with van der Waals surface area (Å²) < 4.78 is 0. The summed E-state index contributed by atoms with van der Waals surface area (Å²) in [5.41, 5.74) is 0. The van der Waals surface area contributed by atoms with Gasteiger partial charge in [0.2, 0.25) is 0 Å². The van der Waals surface area contributed by atoms with Crippen molar-refractivity contribution in [2.24, 2.45) is 4.99 Å². The van der Waals surface area contributed by atoms with Crippen LogP contribution < -0.4 is 5.32 Å². The molecule has 2 rings (SSSR count). The Hall–Kier alpha value is -0.570. The fourth-order valence-corrected chi connectivity index (χ4v) is 2.00. The van der Waals surface area contributed by atoms with Gasteiger partial charge in [-0.2, -0.15) is 0 Å². The Balaban J connectivity index is 2.03. The van der Waals surface area contributed by atoms with Gasteiger partial charge in [0.1, 0.15) is 0 Å². The molecule has 3 atom stereocenters. The van der Waals surface area contributed by atoms with Crippen LogP contribution in [0.4, 0.5) is 0 Å². The number of fused-ring (bicyclic) bond motifs is 1. The van der Waals surface area contributed by atoms with E-state index in [2.05, 4.69) is 10.3 Å². The lowest BCUT2D eigenvalue weighted by atomic mass is 9.90. The summed E-state index contributed by atoms with van der Waals surface area (Å²) in [5.74, 6) is 1.04. The molecule has 1 aliphatic carbocycles. The molecule has 0 spiro atoms. The highest BCUT2D eigenvalue weighted by atomic mass is 16.3. The van der Waals surface area contributed by atoms with Gasteiger partial charge in [-0.1, -0.05) is 0 Å². The largest absolute Gasteiger partial charge is 0.393 e. The molecule has 62 valence electrons.